The summed E-state index contributed by atoms with van der Waals surface area (Å²) in [5, 5.41) is 0. The van der Waals surface area contributed by atoms with E-state index in [4.69, 9.17) is 9.47 Å². The smallest absolute Gasteiger partial charge is 0.421 e. The molecule has 3 rings (SSSR count). The highest BCUT2D eigenvalue weighted by Crippen LogP contribution is 2.38. The van der Waals surface area contributed by atoms with Gasteiger partial charge in [-0.05, 0) is 63.3 Å². The van der Waals surface area contributed by atoms with Gasteiger partial charge in [0.05, 0.1) is 12.2 Å². The number of benzene rings is 1. The van der Waals surface area contributed by atoms with Crippen LogP contribution in [0.1, 0.15) is 51.5 Å². The molecule has 1 heterocycles. The number of ether oxygens (including phenoxy) is 2. The fourth-order valence-corrected chi connectivity index (χ4v) is 3.20. The van der Waals surface area contributed by atoms with E-state index in [-0.39, 0.29) is 24.0 Å². The van der Waals surface area contributed by atoms with Crippen LogP contribution in [0.25, 0.3) is 0 Å². The second kappa shape index (κ2) is 8.88. The number of rotatable bonds is 7. The summed E-state index contributed by atoms with van der Waals surface area (Å²) in [5.74, 6) is 0.462. The summed E-state index contributed by atoms with van der Waals surface area (Å²) in [5.41, 5.74) is -0.356. The Morgan fingerprint density at radius 1 is 1.17 bits per heavy atom. The SMILES string of the molecule is CCC(C)Oc1ncc(C(F)(F)F)c(N(C)c2ccc(OC3CCCC3)cc2)n1. The monoisotopic (exact) mass is 409 g/mol. The molecule has 0 bridgehead atoms. The Bertz CT molecular complexity index is 806. The number of alkyl halides is 3. The molecule has 1 unspecified atom stereocenters. The predicted molar refractivity (Wildman–Crippen MR) is 105 cm³/mol. The van der Waals surface area contributed by atoms with Crippen LogP contribution in [0.4, 0.5) is 24.7 Å². The van der Waals surface area contributed by atoms with E-state index in [1.165, 1.54) is 24.8 Å². The van der Waals surface area contributed by atoms with Gasteiger partial charge in [0.2, 0.25) is 0 Å². The largest absolute Gasteiger partial charge is 0.490 e. The maximum absolute atomic E-state index is 13.5. The molecule has 0 amide bonds. The molecule has 1 aliphatic carbocycles. The zero-order chi connectivity index (χ0) is 21.0. The highest BCUT2D eigenvalue weighted by atomic mass is 19.4. The maximum Gasteiger partial charge on any atom is 0.421 e. The normalized spacial score (nSPS) is 15.9. The van der Waals surface area contributed by atoms with Crippen LogP contribution in [0.2, 0.25) is 0 Å². The van der Waals surface area contributed by atoms with Crippen LogP contribution < -0.4 is 14.4 Å². The van der Waals surface area contributed by atoms with Crippen molar-refractivity contribution in [3.8, 4) is 11.8 Å². The molecule has 0 radical (unpaired) electrons. The number of anilines is 2. The predicted octanol–water partition coefficient (Wildman–Crippen LogP) is 5.76. The third kappa shape index (κ3) is 5.31. The Labute approximate surface area is 168 Å². The Morgan fingerprint density at radius 3 is 2.41 bits per heavy atom. The van der Waals surface area contributed by atoms with Gasteiger partial charge in [-0.15, -0.1) is 0 Å². The second-order valence-electron chi connectivity index (χ2n) is 7.30. The first kappa shape index (κ1) is 21.2. The van der Waals surface area contributed by atoms with E-state index in [1.54, 1.807) is 24.3 Å². The van der Waals surface area contributed by atoms with E-state index in [0.717, 1.165) is 19.0 Å². The maximum atomic E-state index is 13.5. The number of nitrogens with zero attached hydrogens (tertiary/aromatic N) is 3. The molecule has 158 valence electrons. The number of hydrogen-bond acceptors (Lipinski definition) is 5. The van der Waals surface area contributed by atoms with Gasteiger partial charge in [-0.3, -0.25) is 0 Å². The van der Waals surface area contributed by atoms with Crippen molar-refractivity contribution in [1.29, 1.82) is 0 Å². The molecule has 2 aromatic rings. The molecule has 1 atom stereocenters. The third-order valence-electron chi connectivity index (χ3n) is 5.08. The molecule has 0 aliphatic heterocycles. The molecule has 1 saturated carbocycles. The zero-order valence-corrected chi connectivity index (χ0v) is 16.9. The molecule has 1 aromatic heterocycles. The third-order valence-corrected chi connectivity index (χ3v) is 5.08. The Morgan fingerprint density at radius 2 is 1.83 bits per heavy atom. The van der Waals surface area contributed by atoms with Gasteiger partial charge in [0, 0.05) is 18.9 Å². The Kier molecular flexibility index (Phi) is 6.49. The summed E-state index contributed by atoms with van der Waals surface area (Å²) in [6, 6.07) is 6.92. The molecular weight excluding hydrogens is 383 g/mol. The van der Waals surface area contributed by atoms with Crippen LogP contribution in [0.3, 0.4) is 0 Å². The quantitative estimate of drug-likeness (QED) is 0.582. The van der Waals surface area contributed by atoms with Gasteiger partial charge in [0.25, 0.3) is 0 Å². The van der Waals surface area contributed by atoms with E-state index in [9.17, 15) is 13.2 Å². The summed E-state index contributed by atoms with van der Waals surface area (Å²) < 4.78 is 52.0. The first-order valence-corrected chi connectivity index (χ1v) is 9.89. The molecule has 0 N–H and O–H groups in total. The van der Waals surface area contributed by atoms with Gasteiger partial charge in [0.1, 0.15) is 11.3 Å². The standard InChI is InChI=1S/C21H26F3N3O2/c1-4-14(2)28-20-25-13-18(21(22,23)24)19(26-20)27(3)15-9-11-17(12-10-15)29-16-7-5-6-8-16/h9-14,16H,4-8H2,1-3H3. The van der Waals surface area contributed by atoms with E-state index in [0.29, 0.717) is 17.9 Å². The van der Waals surface area contributed by atoms with Crippen LogP contribution in [0, 0.1) is 0 Å². The Hall–Kier alpha value is -2.51. The molecular formula is C21H26F3N3O2. The van der Waals surface area contributed by atoms with Crippen molar-refractivity contribution in [2.24, 2.45) is 0 Å². The fourth-order valence-electron chi connectivity index (χ4n) is 3.20. The van der Waals surface area contributed by atoms with E-state index in [1.807, 2.05) is 13.8 Å². The van der Waals surface area contributed by atoms with Crippen LogP contribution in [-0.2, 0) is 6.18 Å². The molecule has 0 spiro atoms. The number of aromatic nitrogens is 2. The van der Waals surface area contributed by atoms with Crippen molar-refractivity contribution < 1.29 is 22.6 Å². The first-order chi connectivity index (χ1) is 13.8. The zero-order valence-electron chi connectivity index (χ0n) is 16.9. The van der Waals surface area contributed by atoms with Gasteiger partial charge < -0.3 is 14.4 Å². The van der Waals surface area contributed by atoms with Crippen LogP contribution >= 0.6 is 0 Å². The Balaban J connectivity index is 1.85. The summed E-state index contributed by atoms with van der Waals surface area (Å²) in [6.45, 7) is 3.73. The van der Waals surface area contributed by atoms with Crippen LogP contribution in [0.5, 0.6) is 11.8 Å². The van der Waals surface area contributed by atoms with Crippen molar-refractivity contribution in [2.45, 2.75) is 64.3 Å². The van der Waals surface area contributed by atoms with E-state index < -0.39 is 11.7 Å². The van der Waals surface area contributed by atoms with Crippen molar-refractivity contribution in [3.63, 3.8) is 0 Å². The van der Waals surface area contributed by atoms with Gasteiger partial charge in [-0.1, -0.05) is 6.92 Å². The number of halogens is 3. The van der Waals surface area contributed by atoms with Gasteiger partial charge in [-0.2, -0.15) is 18.2 Å². The first-order valence-electron chi connectivity index (χ1n) is 9.89. The second-order valence-corrected chi connectivity index (χ2v) is 7.30. The van der Waals surface area contributed by atoms with E-state index >= 15 is 0 Å². The van der Waals surface area contributed by atoms with Gasteiger partial charge >= 0.3 is 12.2 Å². The number of hydrogen-bond donors (Lipinski definition) is 0. The van der Waals surface area contributed by atoms with Crippen molar-refractivity contribution in [2.75, 3.05) is 11.9 Å². The van der Waals surface area contributed by atoms with Crippen LogP contribution in [-0.4, -0.2) is 29.2 Å². The summed E-state index contributed by atoms with van der Waals surface area (Å²) in [4.78, 5) is 9.17. The van der Waals surface area contributed by atoms with E-state index in [2.05, 4.69) is 9.97 Å². The van der Waals surface area contributed by atoms with Crippen molar-refractivity contribution >= 4 is 11.5 Å². The molecule has 5 nitrogen and oxygen atoms in total. The van der Waals surface area contributed by atoms with Gasteiger partial charge in [-0.25, -0.2) is 4.98 Å². The summed E-state index contributed by atoms with van der Waals surface area (Å²) in [7, 11) is 1.54. The highest BCUT2D eigenvalue weighted by Gasteiger charge is 2.37. The summed E-state index contributed by atoms with van der Waals surface area (Å²) >= 11 is 0. The molecule has 29 heavy (non-hydrogen) atoms. The van der Waals surface area contributed by atoms with Crippen molar-refractivity contribution in [3.05, 3.63) is 36.0 Å². The lowest BCUT2D eigenvalue weighted by molar-refractivity contribution is -0.137. The van der Waals surface area contributed by atoms with Gasteiger partial charge in [0.15, 0.2) is 5.82 Å². The lowest BCUT2D eigenvalue weighted by atomic mass is 10.2. The minimum atomic E-state index is -4.58. The minimum absolute atomic E-state index is 0.0737. The highest BCUT2D eigenvalue weighted by molar-refractivity contribution is 5.63. The molecule has 0 saturated heterocycles. The van der Waals surface area contributed by atoms with Crippen molar-refractivity contribution in [1.82, 2.24) is 9.97 Å². The summed E-state index contributed by atoms with van der Waals surface area (Å²) in [6.07, 6.45) is 1.32. The average molecular weight is 409 g/mol. The molecule has 1 aromatic carbocycles. The molecule has 8 heteroatoms. The van der Waals surface area contributed by atoms with Crippen LogP contribution in [0.15, 0.2) is 30.5 Å². The minimum Gasteiger partial charge on any atom is -0.490 e. The lowest BCUT2D eigenvalue weighted by Gasteiger charge is -2.23. The molecule has 1 fully saturated rings. The average Bonchev–Trinajstić information content (AvgIpc) is 3.20. The lowest BCUT2D eigenvalue weighted by Crippen LogP contribution is -2.20. The molecule has 1 aliphatic rings. The topological polar surface area (TPSA) is 47.5 Å². The fraction of sp³-hybridized carbons (Fsp3) is 0.524.